The summed E-state index contributed by atoms with van der Waals surface area (Å²) in [5.41, 5.74) is 0.807. The first kappa shape index (κ1) is 11.2. The lowest BCUT2D eigenvalue weighted by Gasteiger charge is -2.08. The Morgan fingerprint density at radius 1 is 1.50 bits per heavy atom. The molecule has 1 aliphatic rings. The van der Waals surface area contributed by atoms with Crippen LogP contribution in [-0.4, -0.2) is 15.0 Å². The van der Waals surface area contributed by atoms with Crippen molar-refractivity contribution in [3.8, 4) is 5.75 Å². The molecule has 0 amide bonds. The Kier molecular flexibility index (Phi) is 2.38. The van der Waals surface area contributed by atoms with Crippen LogP contribution in [0.4, 0.5) is 5.69 Å². The number of nitro benzene ring substituents is 1. The molecule has 1 aliphatic carbocycles. The van der Waals surface area contributed by atoms with E-state index in [-0.39, 0.29) is 10.5 Å². The van der Waals surface area contributed by atoms with Gasteiger partial charge in [-0.2, -0.15) is 0 Å². The molecule has 0 bridgehead atoms. The van der Waals surface area contributed by atoms with Gasteiger partial charge >= 0.3 is 5.69 Å². The van der Waals surface area contributed by atoms with Gasteiger partial charge in [0.15, 0.2) is 0 Å². The second-order valence-corrected chi connectivity index (χ2v) is 4.79. The molecule has 1 aromatic carbocycles. The van der Waals surface area contributed by atoms with Gasteiger partial charge in [-0.25, -0.2) is 0 Å². The minimum Gasteiger partial charge on any atom is -0.501 e. The van der Waals surface area contributed by atoms with Gasteiger partial charge in [-0.05, 0) is 30.4 Å². The predicted molar refractivity (Wildman–Crippen MR) is 67.0 cm³/mol. The maximum Gasteiger partial charge on any atom is 0.314 e. The number of halogens is 1. The van der Waals surface area contributed by atoms with Crippen molar-refractivity contribution in [2.24, 2.45) is 0 Å². The van der Waals surface area contributed by atoms with Crippen LogP contribution in [0, 0.1) is 10.1 Å². The minimum atomic E-state index is -0.661. The van der Waals surface area contributed by atoms with Crippen LogP contribution in [-0.2, 0) is 0 Å². The zero-order chi connectivity index (χ0) is 12.9. The third-order valence-electron chi connectivity index (χ3n) is 3.17. The molecule has 0 aliphatic heterocycles. The van der Waals surface area contributed by atoms with Gasteiger partial charge in [0.1, 0.15) is 5.52 Å². The standard InChI is InChI=1S/C12H9ClN2O3/c13-8-5-9(15(17)18)12(16)11-10(8)7(3-4-14-11)6-1-2-6/h3-6,16H,1-2H2. The van der Waals surface area contributed by atoms with Crippen molar-refractivity contribution in [2.75, 3.05) is 0 Å². The normalized spacial score (nSPS) is 14.9. The molecular weight excluding hydrogens is 256 g/mol. The number of nitro groups is 1. The zero-order valence-electron chi connectivity index (χ0n) is 9.26. The first-order valence-corrected chi connectivity index (χ1v) is 5.92. The average Bonchev–Trinajstić information content (AvgIpc) is 3.16. The number of pyridine rings is 1. The summed E-state index contributed by atoms with van der Waals surface area (Å²) in [7, 11) is 0. The van der Waals surface area contributed by atoms with Crippen LogP contribution in [0.3, 0.4) is 0 Å². The minimum absolute atomic E-state index is 0.207. The van der Waals surface area contributed by atoms with Crippen molar-refractivity contribution in [3.05, 3.63) is 39.0 Å². The van der Waals surface area contributed by atoms with Gasteiger partial charge in [0, 0.05) is 17.6 Å². The molecule has 3 rings (SSSR count). The van der Waals surface area contributed by atoms with Crippen LogP contribution in [0.5, 0.6) is 5.75 Å². The summed E-state index contributed by atoms with van der Waals surface area (Å²) in [6, 6.07) is 3.05. The second kappa shape index (κ2) is 3.81. The Bertz CT molecular complexity index is 668. The predicted octanol–water partition coefficient (Wildman–Crippen LogP) is 3.38. The Hall–Kier alpha value is -1.88. The summed E-state index contributed by atoms with van der Waals surface area (Å²) in [6.07, 6.45) is 3.70. The summed E-state index contributed by atoms with van der Waals surface area (Å²) >= 11 is 6.10. The van der Waals surface area contributed by atoms with Crippen molar-refractivity contribution < 1.29 is 10.0 Å². The van der Waals surface area contributed by atoms with Crippen LogP contribution >= 0.6 is 11.6 Å². The highest BCUT2D eigenvalue weighted by atomic mass is 35.5. The van der Waals surface area contributed by atoms with Gasteiger partial charge in [-0.15, -0.1) is 0 Å². The number of phenolic OH excluding ortho intramolecular Hbond substituents is 1. The lowest BCUT2D eigenvalue weighted by Crippen LogP contribution is -1.93. The fraction of sp³-hybridized carbons (Fsp3) is 0.250. The highest BCUT2D eigenvalue weighted by Gasteiger charge is 2.29. The molecule has 2 aromatic rings. The molecule has 1 saturated carbocycles. The maximum absolute atomic E-state index is 10.8. The number of hydrogen-bond donors (Lipinski definition) is 1. The summed E-state index contributed by atoms with van der Waals surface area (Å²) < 4.78 is 0. The van der Waals surface area contributed by atoms with E-state index in [1.54, 1.807) is 6.20 Å². The number of aromatic nitrogens is 1. The number of fused-ring (bicyclic) bond motifs is 1. The monoisotopic (exact) mass is 264 g/mol. The smallest absolute Gasteiger partial charge is 0.314 e. The highest BCUT2D eigenvalue weighted by molar-refractivity contribution is 6.36. The van der Waals surface area contributed by atoms with Gasteiger partial charge in [0.05, 0.1) is 9.95 Å². The average molecular weight is 265 g/mol. The highest BCUT2D eigenvalue weighted by Crippen LogP contribution is 2.47. The molecule has 0 radical (unpaired) electrons. The quantitative estimate of drug-likeness (QED) is 0.666. The van der Waals surface area contributed by atoms with E-state index in [0.717, 1.165) is 18.4 Å². The number of nitrogens with zero attached hydrogens (tertiary/aromatic N) is 2. The van der Waals surface area contributed by atoms with Crippen LogP contribution < -0.4 is 0 Å². The van der Waals surface area contributed by atoms with Gasteiger partial charge in [-0.1, -0.05) is 11.6 Å². The molecule has 1 heterocycles. The fourth-order valence-electron chi connectivity index (χ4n) is 2.16. The van der Waals surface area contributed by atoms with Crippen LogP contribution in [0.25, 0.3) is 10.9 Å². The Morgan fingerprint density at radius 2 is 2.22 bits per heavy atom. The van der Waals surface area contributed by atoms with Crippen molar-refractivity contribution in [3.63, 3.8) is 0 Å². The van der Waals surface area contributed by atoms with Crippen LogP contribution in [0.15, 0.2) is 18.3 Å². The summed E-state index contributed by atoms with van der Waals surface area (Å²) in [5, 5.41) is 21.6. The van der Waals surface area contributed by atoms with E-state index in [4.69, 9.17) is 11.6 Å². The van der Waals surface area contributed by atoms with Crippen LogP contribution in [0.2, 0.25) is 5.02 Å². The van der Waals surface area contributed by atoms with E-state index >= 15 is 0 Å². The molecule has 1 fully saturated rings. The second-order valence-electron chi connectivity index (χ2n) is 4.38. The summed E-state index contributed by atoms with van der Waals surface area (Å²) in [4.78, 5) is 14.2. The molecule has 0 unspecified atom stereocenters. The van der Waals surface area contributed by atoms with E-state index in [9.17, 15) is 15.2 Å². The third kappa shape index (κ3) is 1.59. The first-order chi connectivity index (χ1) is 8.59. The van der Waals surface area contributed by atoms with Crippen molar-refractivity contribution in [1.29, 1.82) is 0 Å². The first-order valence-electron chi connectivity index (χ1n) is 5.54. The van der Waals surface area contributed by atoms with E-state index in [2.05, 4.69) is 4.98 Å². The molecular formula is C12H9ClN2O3. The number of aromatic hydroxyl groups is 1. The topological polar surface area (TPSA) is 76.3 Å². The molecule has 92 valence electrons. The molecule has 1 aromatic heterocycles. The number of rotatable bonds is 2. The third-order valence-corrected chi connectivity index (χ3v) is 3.46. The maximum atomic E-state index is 10.8. The SMILES string of the molecule is O=[N+]([O-])c1cc(Cl)c2c(C3CC3)ccnc2c1O. The Morgan fingerprint density at radius 3 is 2.83 bits per heavy atom. The molecule has 0 atom stereocenters. The lowest BCUT2D eigenvalue weighted by atomic mass is 10.0. The molecule has 1 N–H and O–H groups in total. The van der Waals surface area contributed by atoms with Gasteiger partial charge in [0.25, 0.3) is 0 Å². The lowest BCUT2D eigenvalue weighted by molar-refractivity contribution is -0.385. The van der Waals surface area contributed by atoms with Crippen LogP contribution in [0.1, 0.15) is 24.3 Å². The Labute approximate surface area is 107 Å². The molecule has 0 spiro atoms. The fourth-order valence-corrected chi connectivity index (χ4v) is 2.46. The molecule has 18 heavy (non-hydrogen) atoms. The van der Waals surface area contributed by atoms with E-state index in [0.29, 0.717) is 11.3 Å². The molecule has 5 nitrogen and oxygen atoms in total. The van der Waals surface area contributed by atoms with Gasteiger partial charge in [-0.3, -0.25) is 15.1 Å². The van der Waals surface area contributed by atoms with Gasteiger partial charge in [0.2, 0.25) is 5.75 Å². The largest absolute Gasteiger partial charge is 0.501 e. The van der Waals surface area contributed by atoms with Crippen molar-refractivity contribution in [2.45, 2.75) is 18.8 Å². The van der Waals surface area contributed by atoms with Gasteiger partial charge < -0.3 is 5.11 Å². The Balaban J connectivity index is 2.38. The number of hydrogen-bond acceptors (Lipinski definition) is 4. The van der Waals surface area contributed by atoms with Crippen molar-refractivity contribution >= 4 is 28.2 Å². The number of benzene rings is 1. The number of phenols is 1. The van der Waals surface area contributed by atoms with E-state index in [1.165, 1.54) is 6.07 Å². The van der Waals surface area contributed by atoms with E-state index < -0.39 is 16.4 Å². The molecule has 0 saturated heterocycles. The molecule has 6 heteroatoms. The zero-order valence-corrected chi connectivity index (χ0v) is 10.0. The van der Waals surface area contributed by atoms with Crippen molar-refractivity contribution in [1.82, 2.24) is 4.98 Å². The van der Waals surface area contributed by atoms with E-state index in [1.807, 2.05) is 6.07 Å². The summed E-state index contributed by atoms with van der Waals surface area (Å²) in [6.45, 7) is 0. The summed E-state index contributed by atoms with van der Waals surface area (Å²) in [5.74, 6) is 0.00996.